The van der Waals surface area contributed by atoms with Gasteiger partial charge >= 0.3 is 0 Å². The molecule has 0 unspecified atom stereocenters. The van der Waals surface area contributed by atoms with Crippen LogP contribution in [-0.2, 0) is 14.1 Å². The van der Waals surface area contributed by atoms with Crippen molar-refractivity contribution in [2.24, 2.45) is 14.1 Å². The summed E-state index contributed by atoms with van der Waals surface area (Å²) in [6.45, 7) is 3.04. The summed E-state index contributed by atoms with van der Waals surface area (Å²) < 4.78 is 15.1. The summed E-state index contributed by atoms with van der Waals surface area (Å²) in [6, 6.07) is 6.03. The molecule has 0 aliphatic carbocycles. The lowest BCUT2D eigenvalue weighted by molar-refractivity contribution is 0.0760. The molecule has 3 aromatic heterocycles. The van der Waals surface area contributed by atoms with Gasteiger partial charge in [0.1, 0.15) is 12.3 Å². The maximum atomic E-state index is 13.3. The Kier molecular flexibility index (Phi) is 5.12. The van der Waals surface area contributed by atoms with Crippen LogP contribution in [0.4, 0.5) is 0 Å². The maximum Gasteiger partial charge on any atom is 0.272 e. The second-order valence-electron chi connectivity index (χ2n) is 7.89. The number of likely N-dealkylation sites (N-methyl/N-ethyl adjacent to an activating group) is 1. The van der Waals surface area contributed by atoms with Crippen LogP contribution in [0.1, 0.15) is 28.7 Å². The van der Waals surface area contributed by atoms with Gasteiger partial charge in [-0.05, 0) is 36.8 Å². The van der Waals surface area contributed by atoms with Crippen molar-refractivity contribution in [1.82, 2.24) is 34.7 Å². The zero-order valence-electron chi connectivity index (χ0n) is 19.0. The van der Waals surface area contributed by atoms with E-state index in [1.807, 2.05) is 38.3 Å². The van der Waals surface area contributed by atoms with Gasteiger partial charge in [-0.25, -0.2) is 4.68 Å². The molecule has 33 heavy (non-hydrogen) atoms. The van der Waals surface area contributed by atoms with Crippen molar-refractivity contribution in [3.63, 3.8) is 0 Å². The highest BCUT2D eigenvalue weighted by atomic mass is 16.5. The third-order valence-electron chi connectivity index (χ3n) is 5.74. The zero-order chi connectivity index (χ0) is 23.1. The summed E-state index contributed by atoms with van der Waals surface area (Å²) in [5.41, 5.74) is 4.56. The first kappa shape index (κ1) is 20.8. The molecule has 4 aromatic rings. The Morgan fingerprint density at radius 3 is 2.85 bits per heavy atom. The Balaban J connectivity index is 1.70. The molecule has 4 heterocycles. The van der Waals surface area contributed by atoms with E-state index >= 15 is 0 Å². The average molecular weight is 447 g/mol. The highest BCUT2D eigenvalue weighted by Crippen LogP contribution is 2.33. The molecule has 1 N–H and O–H groups in total. The zero-order valence-corrected chi connectivity index (χ0v) is 19.0. The van der Waals surface area contributed by atoms with Gasteiger partial charge in [-0.15, -0.1) is 5.10 Å². The van der Waals surface area contributed by atoms with Crippen LogP contribution in [0.15, 0.2) is 24.4 Å². The molecular weight excluding hydrogens is 422 g/mol. The Morgan fingerprint density at radius 2 is 2.03 bits per heavy atom. The quantitative estimate of drug-likeness (QED) is 0.507. The van der Waals surface area contributed by atoms with E-state index in [1.165, 1.54) is 0 Å². The first-order chi connectivity index (χ1) is 16.0. The van der Waals surface area contributed by atoms with E-state index in [1.54, 1.807) is 34.6 Å². The smallest absolute Gasteiger partial charge is 0.272 e. The van der Waals surface area contributed by atoms with Gasteiger partial charge in [0.05, 0.1) is 41.7 Å². The number of nitrogens with one attached hydrogen (secondary N) is 1. The number of carbonyl (C=O) groups is 1. The summed E-state index contributed by atoms with van der Waals surface area (Å²) in [7, 11) is 5.32. The third kappa shape index (κ3) is 3.53. The number of hydrogen-bond acceptors (Lipinski definition) is 6. The molecule has 5 rings (SSSR count). The van der Waals surface area contributed by atoms with Crippen LogP contribution in [0.2, 0.25) is 0 Å². The number of rotatable bonds is 2. The summed E-state index contributed by atoms with van der Waals surface area (Å²) in [6.07, 6.45) is 5.54. The first-order valence-corrected chi connectivity index (χ1v) is 10.7. The third-order valence-corrected chi connectivity index (χ3v) is 5.74. The number of carbonyl (C=O) groups excluding carboxylic acids is 1. The second-order valence-corrected chi connectivity index (χ2v) is 7.89. The predicted octanol–water partition coefficient (Wildman–Crippen LogP) is 2.73. The topological polar surface area (TPSA) is 103 Å². The fraction of sp³-hybridized carbons (Fsp3) is 0.304. The van der Waals surface area contributed by atoms with Crippen LogP contribution >= 0.6 is 0 Å². The molecule has 0 atom stereocenters. The summed E-state index contributed by atoms with van der Waals surface area (Å²) in [5.74, 6) is 0.886. The second kappa shape index (κ2) is 8.12. The van der Waals surface area contributed by atoms with Crippen molar-refractivity contribution >= 4 is 29.0 Å². The van der Waals surface area contributed by atoms with Crippen LogP contribution in [0, 0.1) is 0 Å². The number of nitrogens with zero attached hydrogens (tertiary/aromatic N) is 6. The van der Waals surface area contributed by atoms with Crippen molar-refractivity contribution in [2.75, 3.05) is 26.8 Å². The Hall–Kier alpha value is -4.08. The molecular formula is C23H25N7O3. The van der Waals surface area contributed by atoms with Crippen molar-refractivity contribution in [3.8, 4) is 22.9 Å². The first-order valence-electron chi connectivity index (χ1n) is 10.7. The van der Waals surface area contributed by atoms with Crippen LogP contribution < -0.4 is 9.47 Å². The molecule has 10 nitrogen and oxygen atoms in total. The number of aryl methyl sites for hydroxylation is 2. The summed E-state index contributed by atoms with van der Waals surface area (Å²) >= 11 is 0. The lowest BCUT2D eigenvalue weighted by Crippen LogP contribution is -2.32. The molecule has 0 saturated heterocycles. The standard InChI is InChI=1S/C23H25N7O3/c1-5-32-21-15-7-9-19-16-12-14(6-8-18(16)25-26-19)17-13-24-30(4)23(17)33-11-10-28(2)22(31)20(15)29(3)27-21/h6-9,12-13H,5,10-11H2,1-4H3,(H,25,26)/b9-7+. The highest BCUT2D eigenvalue weighted by molar-refractivity contribution is 5.99. The number of fused-ring (bicyclic) bond motifs is 4. The number of benzene rings is 1. The Labute approximate surface area is 190 Å². The minimum atomic E-state index is -0.172. The van der Waals surface area contributed by atoms with Gasteiger partial charge in [0.25, 0.3) is 5.91 Å². The van der Waals surface area contributed by atoms with Crippen LogP contribution in [0.25, 0.3) is 34.2 Å². The van der Waals surface area contributed by atoms with Crippen LogP contribution in [0.5, 0.6) is 11.8 Å². The summed E-state index contributed by atoms with van der Waals surface area (Å²) in [4.78, 5) is 15.0. The number of ether oxygens (including phenoxy) is 2. The van der Waals surface area contributed by atoms with Gasteiger partial charge in [-0.3, -0.25) is 14.6 Å². The molecule has 0 saturated carbocycles. The fourth-order valence-electron chi connectivity index (χ4n) is 4.01. The molecule has 0 spiro atoms. The normalized spacial score (nSPS) is 15.0. The monoisotopic (exact) mass is 447 g/mol. The molecule has 0 fully saturated rings. The lowest BCUT2D eigenvalue weighted by Gasteiger charge is -2.18. The molecule has 1 aromatic carbocycles. The maximum absolute atomic E-state index is 13.3. The van der Waals surface area contributed by atoms with E-state index in [2.05, 4.69) is 26.5 Å². The van der Waals surface area contributed by atoms with E-state index in [9.17, 15) is 4.79 Å². The van der Waals surface area contributed by atoms with Crippen molar-refractivity contribution in [3.05, 3.63) is 41.3 Å². The number of amides is 1. The SMILES string of the molecule is CCOc1nn(C)c2c1/C=C/c1[nH]nc3ccc(cc13)-c1cnn(C)c1OCCN(C)C2=O. The average Bonchev–Trinajstić information content (AvgIpc) is 3.46. The molecule has 0 radical (unpaired) electrons. The number of aromatic nitrogens is 6. The minimum absolute atomic E-state index is 0.172. The van der Waals surface area contributed by atoms with E-state index in [4.69, 9.17) is 9.47 Å². The fourth-order valence-corrected chi connectivity index (χ4v) is 4.01. The van der Waals surface area contributed by atoms with Crippen LogP contribution in [0.3, 0.4) is 0 Å². The van der Waals surface area contributed by atoms with Crippen molar-refractivity contribution in [2.45, 2.75) is 6.92 Å². The van der Waals surface area contributed by atoms with Crippen molar-refractivity contribution in [1.29, 1.82) is 0 Å². The molecule has 2 bridgehead atoms. The van der Waals surface area contributed by atoms with Gasteiger partial charge in [-0.2, -0.15) is 10.2 Å². The minimum Gasteiger partial charge on any atom is -0.476 e. The number of H-pyrrole nitrogens is 1. The van der Waals surface area contributed by atoms with Gasteiger partial charge in [0, 0.05) is 26.5 Å². The Bertz CT molecular complexity index is 1380. The number of aromatic amines is 1. The molecule has 1 aliphatic heterocycles. The lowest BCUT2D eigenvalue weighted by atomic mass is 10.1. The van der Waals surface area contributed by atoms with Crippen molar-refractivity contribution < 1.29 is 14.3 Å². The van der Waals surface area contributed by atoms with Gasteiger partial charge < -0.3 is 14.4 Å². The van der Waals surface area contributed by atoms with E-state index in [-0.39, 0.29) is 5.91 Å². The van der Waals surface area contributed by atoms with E-state index < -0.39 is 0 Å². The summed E-state index contributed by atoms with van der Waals surface area (Å²) in [5, 5.41) is 17.3. The molecule has 1 aliphatic rings. The van der Waals surface area contributed by atoms with Gasteiger partial charge in [-0.1, -0.05) is 6.07 Å². The largest absolute Gasteiger partial charge is 0.476 e. The van der Waals surface area contributed by atoms with E-state index in [0.717, 1.165) is 27.7 Å². The molecule has 10 heteroatoms. The predicted molar refractivity (Wildman–Crippen MR) is 124 cm³/mol. The Morgan fingerprint density at radius 1 is 1.18 bits per heavy atom. The molecule has 1 amide bonds. The number of hydrogen-bond donors (Lipinski definition) is 1. The van der Waals surface area contributed by atoms with E-state index in [0.29, 0.717) is 42.8 Å². The van der Waals surface area contributed by atoms with Gasteiger partial charge in [0.2, 0.25) is 11.8 Å². The van der Waals surface area contributed by atoms with Crippen LogP contribution in [-0.4, -0.2) is 67.4 Å². The highest BCUT2D eigenvalue weighted by Gasteiger charge is 2.25. The van der Waals surface area contributed by atoms with Gasteiger partial charge in [0.15, 0.2) is 0 Å². The molecule has 170 valence electrons.